The minimum atomic E-state index is -1.06. The van der Waals surface area contributed by atoms with E-state index in [-0.39, 0.29) is 51.3 Å². The van der Waals surface area contributed by atoms with Crippen molar-refractivity contribution in [3.05, 3.63) is 203 Å². The Hall–Kier alpha value is -10.7. The number of pyridine rings is 2. The fourth-order valence-electron chi connectivity index (χ4n) is 7.70. The Bertz CT molecular complexity index is 3600. The van der Waals surface area contributed by atoms with Gasteiger partial charge in [0.2, 0.25) is 0 Å². The molecule has 2 atom stereocenters. The van der Waals surface area contributed by atoms with Gasteiger partial charge in [0.05, 0.1) is 36.9 Å². The fourth-order valence-corrected chi connectivity index (χ4v) is 7.70. The number of fused-ring (bicyclic) bond motifs is 2. The Morgan fingerprint density at radius 3 is 1.48 bits per heavy atom. The molecule has 420 valence electrons. The number of aromatic carboxylic acids is 1. The summed E-state index contributed by atoms with van der Waals surface area (Å²) >= 11 is 0. The van der Waals surface area contributed by atoms with Crippen molar-refractivity contribution >= 4 is 41.2 Å². The second kappa shape index (κ2) is 28.3. The van der Waals surface area contributed by atoms with Crippen molar-refractivity contribution in [1.29, 1.82) is 0 Å². The lowest BCUT2D eigenvalue weighted by atomic mass is 10.1. The quantitative estimate of drug-likeness (QED) is 0.126. The van der Waals surface area contributed by atoms with E-state index in [1.54, 1.807) is 94.8 Å². The Labute approximate surface area is 475 Å². The molecule has 21 heteroatoms. The van der Waals surface area contributed by atoms with Crippen LogP contribution in [0.4, 0.5) is 16.2 Å². The molecule has 0 bridgehead atoms. The number of aromatic nitrogens is 8. The Morgan fingerprint density at radius 1 is 0.610 bits per heavy atom. The summed E-state index contributed by atoms with van der Waals surface area (Å²) in [6.07, 6.45) is 9.04. The topological polar surface area (TPSA) is 251 Å². The number of anilines is 2. The van der Waals surface area contributed by atoms with Gasteiger partial charge in [-0.25, -0.2) is 19.0 Å². The van der Waals surface area contributed by atoms with E-state index < -0.39 is 35.7 Å². The standard InChI is InChI=1S/C27H22N6O3.C22H23N3O4.C10H9N3O2.2CH4/c1-32-24-14-19(9-10-20-8-5-13-28-15-20)11-12-25(24)36-18-23(27(32)35)29-26(34)22-17-33(31-30-22)16-21-6-3-2-4-7-21;1-22(2,3)29-21(27)24-17-14-28-19-10-9-15(12-18(19)25(4)20(17)26)7-8-16-6-5-11-23-13-16;14-10(15)9-7-13(12-11-9)6-8-4-2-1-3-5-8;;/h2-8,11-15,17,23H,16,18H2,1H3,(H,29,34);5-6,9-13,17H,14H2,1-4H3,(H,24,27);1-5,7H,6H2,(H,14,15);2*1H4/t23-;17-;;;/m00.../s1. The van der Waals surface area contributed by atoms with E-state index in [9.17, 15) is 24.0 Å². The van der Waals surface area contributed by atoms with Crippen LogP contribution in [0.15, 0.2) is 159 Å². The van der Waals surface area contributed by atoms with Crippen molar-refractivity contribution in [2.24, 2.45) is 0 Å². The molecule has 8 aromatic rings. The van der Waals surface area contributed by atoms with E-state index in [0.717, 1.165) is 33.4 Å². The van der Waals surface area contributed by atoms with Gasteiger partial charge >= 0.3 is 12.1 Å². The molecule has 21 nitrogen and oxygen atoms in total. The minimum absolute atomic E-state index is 0. The minimum Gasteiger partial charge on any atom is -0.489 e. The third-order valence-corrected chi connectivity index (χ3v) is 11.6. The number of ether oxygens (including phenoxy) is 3. The first-order valence-corrected chi connectivity index (χ1v) is 24.9. The molecular weight excluding hydrogens is 1040 g/mol. The molecule has 4 aromatic carbocycles. The van der Waals surface area contributed by atoms with Gasteiger partial charge in [-0.1, -0.05) is 110 Å². The molecule has 6 heterocycles. The highest BCUT2D eigenvalue weighted by Gasteiger charge is 2.33. The predicted molar refractivity (Wildman–Crippen MR) is 307 cm³/mol. The second-order valence-corrected chi connectivity index (χ2v) is 18.9. The van der Waals surface area contributed by atoms with E-state index >= 15 is 0 Å². The maximum atomic E-state index is 13.2. The highest BCUT2D eigenvalue weighted by atomic mass is 16.6. The number of amides is 4. The highest BCUT2D eigenvalue weighted by Crippen LogP contribution is 2.33. The summed E-state index contributed by atoms with van der Waals surface area (Å²) in [7, 11) is 3.28. The average molecular weight is 1110 g/mol. The smallest absolute Gasteiger partial charge is 0.408 e. The molecule has 0 fully saturated rings. The third-order valence-electron chi connectivity index (χ3n) is 11.6. The Kier molecular flexibility index (Phi) is 20.9. The molecule has 4 aromatic heterocycles. The van der Waals surface area contributed by atoms with Crippen LogP contribution in [0, 0.1) is 23.7 Å². The molecule has 3 N–H and O–H groups in total. The van der Waals surface area contributed by atoms with Crippen LogP contribution in [-0.2, 0) is 27.4 Å². The molecule has 4 amide bonds. The van der Waals surface area contributed by atoms with Gasteiger partial charge in [0.15, 0.2) is 11.4 Å². The van der Waals surface area contributed by atoms with Crippen LogP contribution in [0.1, 0.15) is 90.0 Å². The lowest BCUT2D eigenvalue weighted by Gasteiger charge is -2.23. The number of alkyl carbamates (subject to hydrolysis) is 1. The lowest BCUT2D eigenvalue weighted by Crippen LogP contribution is -2.50. The van der Waals surface area contributed by atoms with E-state index in [0.29, 0.717) is 36.0 Å². The molecule has 2 aliphatic rings. The molecular formula is C61H62N12O9. The number of carbonyl (C=O) groups excluding carboxylic acids is 4. The zero-order chi connectivity index (χ0) is 56.6. The number of rotatable bonds is 8. The maximum Gasteiger partial charge on any atom is 0.408 e. The van der Waals surface area contributed by atoms with Crippen LogP contribution < -0.4 is 29.9 Å². The second-order valence-electron chi connectivity index (χ2n) is 18.9. The van der Waals surface area contributed by atoms with E-state index in [2.05, 4.69) is 64.9 Å². The van der Waals surface area contributed by atoms with Gasteiger partial charge in [0.1, 0.15) is 42.4 Å². The van der Waals surface area contributed by atoms with Crippen LogP contribution in [0.3, 0.4) is 0 Å². The summed E-state index contributed by atoms with van der Waals surface area (Å²) in [5.41, 5.74) is 5.71. The summed E-state index contributed by atoms with van der Waals surface area (Å²) < 4.78 is 19.9. The number of likely N-dealkylation sites (N-methyl/N-ethyl adjacent to an activating group) is 2. The van der Waals surface area contributed by atoms with Gasteiger partial charge in [-0.05, 0) is 92.6 Å². The maximum absolute atomic E-state index is 13.2. The monoisotopic (exact) mass is 1110 g/mol. The van der Waals surface area contributed by atoms with Crippen molar-refractivity contribution in [2.45, 2.75) is 66.4 Å². The summed E-state index contributed by atoms with van der Waals surface area (Å²) in [6, 6.07) is 35.8. The number of carbonyl (C=O) groups is 5. The number of nitrogens with zero attached hydrogens (tertiary/aromatic N) is 10. The van der Waals surface area contributed by atoms with Gasteiger partial charge in [-0.3, -0.25) is 24.4 Å². The number of carboxylic acids is 1. The number of nitrogens with one attached hydrogen (secondary N) is 2. The zero-order valence-electron chi connectivity index (χ0n) is 44.2. The summed E-state index contributed by atoms with van der Waals surface area (Å²) in [6.45, 7) is 6.28. The van der Waals surface area contributed by atoms with Crippen LogP contribution in [0.2, 0.25) is 0 Å². The van der Waals surface area contributed by atoms with E-state index in [1.807, 2.05) is 97.1 Å². The molecule has 0 saturated carbocycles. The van der Waals surface area contributed by atoms with Crippen molar-refractivity contribution in [3.8, 4) is 35.2 Å². The lowest BCUT2D eigenvalue weighted by molar-refractivity contribution is -0.121. The fraction of sp³-hybridized carbons (Fsp3) is 0.230. The first kappa shape index (κ1) is 60.6. The van der Waals surface area contributed by atoms with Crippen molar-refractivity contribution < 1.29 is 43.3 Å². The third kappa shape index (κ3) is 16.9. The van der Waals surface area contributed by atoms with Crippen LogP contribution in [0.25, 0.3) is 0 Å². The van der Waals surface area contributed by atoms with Crippen molar-refractivity contribution in [3.63, 3.8) is 0 Å². The molecule has 0 saturated heterocycles. The van der Waals surface area contributed by atoms with Crippen molar-refractivity contribution in [2.75, 3.05) is 37.1 Å². The van der Waals surface area contributed by atoms with Gasteiger partial charge in [-0.2, -0.15) is 0 Å². The number of hydrogen-bond acceptors (Lipinski definition) is 14. The summed E-state index contributed by atoms with van der Waals surface area (Å²) in [5.74, 6) is 11.1. The summed E-state index contributed by atoms with van der Waals surface area (Å²) in [4.78, 5) is 72.4. The predicted octanol–water partition coefficient (Wildman–Crippen LogP) is 7.30. The average Bonchev–Trinajstić information content (AvgIpc) is 4.13. The first-order valence-electron chi connectivity index (χ1n) is 24.9. The molecule has 0 spiro atoms. The molecule has 82 heavy (non-hydrogen) atoms. The van der Waals surface area contributed by atoms with Gasteiger partial charge in [0.25, 0.3) is 17.7 Å². The van der Waals surface area contributed by atoms with E-state index in [4.69, 9.17) is 19.3 Å². The zero-order valence-corrected chi connectivity index (χ0v) is 44.2. The molecule has 2 aliphatic heterocycles. The van der Waals surface area contributed by atoms with Crippen LogP contribution >= 0.6 is 0 Å². The number of hydrogen-bond donors (Lipinski definition) is 3. The number of benzene rings is 4. The largest absolute Gasteiger partial charge is 0.489 e. The van der Waals surface area contributed by atoms with Gasteiger partial charge in [-0.15, -0.1) is 10.2 Å². The van der Waals surface area contributed by atoms with Crippen LogP contribution in [0.5, 0.6) is 11.5 Å². The Morgan fingerprint density at radius 2 is 1.05 bits per heavy atom. The Balaban J connectivity index is 0.000000210. The van der Waals surface area contributed by atoms with Gasteiger partial charge in [0, 0.05) is 61.1 Å². The molecule has 0 radical (unpaired) electrons. The van der Waals surface area contributed by atoms with Gasteiger partial charge < -0.3 is 39.8 Å². The highest BCUT2D eigenvalue weighted by molar-refractivity contribution is 6.03. The van der Waals surface area contributed by atoms with Crippen LogP contribution in [-0.4, -0.2) is 120 Å². The SMILES string of the molecule is C.C.CN1C(=O)[C@@H](NC(=O)OC(C)(C)C)COc2ccc(C#Cc3cccnc3)cc21.CN1C(=O)[C@@H](NC(=O)c2cn(Cc3ccccc3)nn2)COc2ccc(C#Cc3cccnc3)cc21.O=C(O)c1cn(Cc2ccccc2)nn1. The first-order chi connectivity index (χ1) is 38.5. The molecule has 0 unspecified atom stereocenters. The molecule has 0 aliphatic carbocycles. The number of carboxylic acid groups (broad SMARTS) is 1. The van der Waals surface area contributed by atoms with E-state index in [1.165, 1.54) is 20.7 Å². The normalized spacial score (nSPS) is 13.9. The molecule has 10 rings (SSSR count). The summed E-state index contributed by atoms with van der Waals surface area (Å²) in [5, 5.41) is 29.2. The van der Waals surface area contributed by atoms with Crippen molar-refractivity contribution in [1.82, 2.24) is 50.6 Å².